The summed E-state index contributed by atoms with van der Waals surface area (Å²) in [6.45, 7) is 3.67. The van der Waals surface area contributed by atoms with Crippen LogP contribution in [0.1, 0.15) is 28.4 Å². The highest BCUT2D eigenvalue weighted by Gasteiger charge is 2.12. The number of anilines is 1. The number of amides is 2. The molecule has 0 aromatic heterocycles. The van der Waals surface area contributed by atoms with Crippen LogP contribution in [0.15, 0.2) is 42.5 Å². The third-order valence-electron chi connectivity index (χ3n) is 3.82. The van der Waals surface area contributed by atoms with E-state index in [-0.39, 0.29) is 17.2 Å². The topological polar surface area (TPSA) is 82.3 Å². The van der Waals surface area contributed by atoms with Gasteiger partial charge < -0.3 is 10.6 Å². The second-order valence-electron chi connectivity index (χ2n) is 5.75. The van der Waals surface area contributed by atoms with E-state index < -0.39 is 17.6 Å². The van der Waals surface area contributed by atoms with Crippen LogP contribution in [-0.2, 0) is 11.2 Å². The van der Waals surface area contributed by atoms with E-state index in [1.807, 2.05) is 32.0 Å². The summed E-state index contributed by atoms with van der Waals surface area (Å²) in [5.41, 5.74) is 7.85. The molecule has 142 valence electrons. The van der Waals surface area contributed by atoms with Crippen LogP contribution in [-0.4, -0.2) is 23.5 Å². The molecule has 0 spiro atoms. The maximum Gasteiger partial charge on any atom is 0.257 e. The molecule has 0 radical (unpaired) electrons. The molecule has 2 aromatic carbocycles. The molecule has 4 N–H and O–H groups in total. The number of benzene rings is 2. The third kappa shape index (κ3) is 5.75. The van der Waals surface area contributed by atoms with E-state index in [9.17, 15) is 14.0 Å². The van der Waals surface area contributed by atoms with Crippen molar-refractivity contribution in [3.63, 3.8) is 0 Å². The fourth-order valence-electron chi connectivity index (χ4n) is 2.42. The van der Waals surface area contributed by atoms with Crippen LogP contribution in [0, 0.1) is 12.7 Å². The maximum atomic E-state index is 13.5. The number of carbonyl (C=O) groups excluding carboxylic acids is 2. The number of hydrogen-bond acceptors (Lipinski definition) is 3. The highest BCUT2D eigenvalue weighted by molar-refractivity contribution is 7.80. The lowest BCUT2D eigenvalue weighted by Crippen LogP contribution is -2.47. The van der Waals surface area contributed by atoms with Crippen molar-refractivity contribution in [3.8, 4) is 0 Å². The zero-order valence-corrected chi connectivity index (χ0v) is 15.9. The molecule has 0 aliphatic rings. The Bertz CT molecular complexity index is 857. The van der Waals surface area contributed by atoms with E-state index in [1.54, 1.807) is 6.07 Å². The minimum absolute atomic E-state index is 0.123. The number of nitrogens with one attached hydrogen (secondary N) is 4. The molecule has 0 heterocycles. The molecule has 8 heteroatoms. The molecule has 0 saturated carbocycles. The Balaban J connectivity index is 1.81. The highest BCUT2D eigenvalue weighted by Crippen LogP contribution is 2.20. The van der Waals surface area contributed by atoms with Crippen molar-refractivity contribution in [1.29, 1.82) is 0 Å². The van der Waals surface area contributed by atoms with Crippen LogP contribution in [0.4, 0.5) is 10.1 Å². The first-order valence-electron chi connectivity index (χ1n) is 8.39. The molecule has 2 aromatic rings. The summed E-state index contributed by atoms with van der Waals surface area (Å²) in [5.74, 6) is -1.84. The molecule has 0 fully saturated rings. The molecule has 0 aliphatic carbocycles. The average Bonchev–Trinajstić information content (AvgIpc) is 2.66. The van der Waals surface area contributed by atoms with E-state index in [0.29, 0.717) is 0 Å². The molecule has 0 bridgehead atoms. The normalized spacial score (nSPS) is 10.0. The number of aryl methyl sites for hydroxylation is 2. The Labute approximate surface area is 162 Å². The van der Waals surface area contributed by atoms with Crippen LogP contribution in [0.5, 0.6) is 0 Å². The molecule has 0 saturated heterocycles. The van der Waals surface area contributed by atoms with Crippen LogP contribution in [0.25, 0.3) is 0 Å². The van der Waals surface area contributed by atoms with E-state index in [4.69, 9.17) is 12.2 Å². The van der Waals surface area contributed by atoms with Crippen molar-refractivity contribution < 1.29 is 14.0 Å². The SMILES string of the molecule is CCc1cccc(C)c1NC(=S)NNC(=O)CNC(=O)c1ccccc1F. The maximum absolute atomic E-state index is 13.5. The number of carbonyl (C=O) groups is 2. The van der Waals surface area contributed by atoms with Gasteiger partial charge in [0.2, 0.25) is 0 Å². The standard InChI is InChI=1S/C19H21FN4O2S/c1-3-13-8-6-7-12(2)17(13)22-19(27)24-23-16(25)11-21-18(26)14-9-4-5-10-15(14)20/h4-10H,3,11H2,1-2H3,(H,21,26)(H,23,25)(H2,22,24,27). The summed E-state index contributed by atoms with van der Waals surface area (Å²) in [4.78, 5) is 23.7. The molecular formula is C19H21FN4O2S. The average molecular weight is 388 g/mol. The number of halogens is 1. The number of hydrazine groups is 1. The van der Waals surface area contributed by atoms with Crippen LogP contribution in [0.3, 0.4) is 0 Å². The largest absolute Gasteiger partial charge is 0.343 e. The van der Waals surface area contributed by atoms with Crippen molar-refractivity contribution in [2.24, 2.45) is 0 Å². The number of para-hydroxylation sites is 1. The molecule has 0 aliphatic heterocycles. The highest BCUT2D eigenvalue weighted by atomic mass is 32.1. The molecule has 0 unspecified atom stereocenters. The predicted octanol–water partition coefficient (Wildman–Crippen LogP) is 2.44. The van der Waals surface area contributed by atoms with Crippen molar-refractivity contribution in [3.05, 3.63) is 65.0 Å². The first-order chi connectivity index (χ1) is 12.9. The number of hydrogen-bond donors (Lipinski definition) is 4. The van der Waals surface area contributed by atoms with Gasteiger partial charge in [-0.25, -0.2) is 4.39 Å². The second-order valence-corrected chi connectivity index (χ2v) is 6.16. The van der Waals surface area contributed by atoms with Gasteiger partial charge in [-0.05, 0) is 48.8 Å². The Morgan fingerprint density at radius 2 is 1.81 bits per heavy atom. The van der Waals surface area contributed by atoms with E-state index in [2.05, 4.69) is 21.5 Å². The van der Waals surface area contributed by atoms with Crippen molar-refractivity contribution in [2.45, 2.75) is 20.3 Å². The van der Waals surface area contributed by atoms with Crippen LogP contribution < -0.4 is 21.5 Å². The Morgan fingerprint density at radius 1 is 1.07 bits per heavy atom. The minimum atomic E-state index is -0.670. The van der Waals surface area contributed by atoms with E-state index in [1.165, 1.54) is 18.2 Å². The molecule has 27 heavy (non-hydrogen) atoms. The molecule has 2 amide bonds. The van der Waals surface area contributed by atoms with Gasteiger partial charge in [0.05, 0.1) is 12.1 Å². The Hall–Kier alpha value is -3.00. The zero-order chi connectivity index (χ0) is 19.8. The van der Waals surface area contributed by atoms with Crippen LogP contribution >= 0.6 is 12.2 Å². The molecular weight excluding hydrogens is 367 g/mol. The van der Waals surface area contributed by atoms with Crippen molar-refractivity contribution >= 4 is 34.8 Å². The lowest BCUT2D eigenvalue weighted by Gasteiger charge is -2.16. The van der Waals surface area contributed by atoms with Crippen molar-refractivity contribution in [2.75, 3.05) is 11.9 Å². The van der Waals surface area contributed by atoms with Gasteiger partial charge in [-0.2, -0.15) is 0 Å². The number of thiocarbonyl (C=S) groups is 1. The van der Waals surface area contributed by atoms with Gasteiger partial charge in [0.15, 0.2) is 5.11 Å². The van der Waals surface area contributed by atoms with Gasteiger partial charge in [0.25, 0.3) is 11.8 Å². The first kappa shape index (κ1) is 20.3. The fourth-order valence-corrected chi connectivity index (χ4v) is 2.57. The predicted molar refractivity (Wildman–Crippen MR) is 107 cm³/mol. The quantitative estimate of drug-likeness (QED) is 0.467. The van der Waals surface area contributed by atoms with Gasteiger partial charge in [0, 0.05) is 5.69 Å². The second kappa shape index (κ2) is 9.63. The Kier molecular flexibility index (Phi) is 7.25. The molecule has 6 nitrogen and oxygen atoms in total. The summed E-state index contributed by atoms with van der Waals surface area (Å²) in [7, 11) is 0. The van der Waals surface area contributed by atoms with Gasteiger partial charge in [-0.3, -0.25) is 20.4 Å². The summed E-state index contributed by atoms with van der Waals surface area (Å²) in [6.07, 6.45) is 0.834. The van der Waals surface area contributed by atoms with Gasteiger partial charge in [-0.1, -0.05) is 37.3 Å². The summed E-state index contributed by atoms with van der Waals surface area (Å²) >= 11 is 5.18. The molecule has 2 rings (SSSR count). The van der Waals surface area contributed by atoms with Gasteiger partial charge >= 0.3 is 0 Å². The monoisotopic (exact) mass is 388 g/mol. The van der Waals surface area contributed by atoms with E-state index >= 15 is 0 Å². The minimum Gasteiger partial charge on any atom is -0.343 e. The summed E-state index contributed by atoms with van der Waals surface area (Å²) < 4.78 is 13.5. The summed E-state index contributed by atoms with van der Waals surface area (Å²) in [6, 6.07) is 11.5. The lowest BCUT2D eigenvalue weighted by molar-refractivity contribution is -0.120. The third-order valence-corrected chi connectivity index (χ3v) is 4.03. The van der Waals surface area contributed by atoms with E-state index in [0.717, 1.165) is 23.2 Å². The van der Waals surface area contributed by atoms with Crippen molar-refractivity contribution in [1.82, 2.24) is 16.2 Å². The fraction of sp³-hybridized carbons (Fsp3) is 0.211. The van der Waals surface area contributed by atoms with Crippen LogP contribution in [0.2, 0.25) is 0 Å². The van der Waals surface area contributed by atoms with Gasteiger partial charge in [0.1, 0.15) is 5.82 Å². The zero-order valence-electron chi connectivity index (χ0n) is 15.1. The first-order valence-corrected chi connectivity index (χ1v) is 8.80. The lowest BCUT2D eigenvalue weighted by atomic mass is 10.1. The Morgan fingerprint density at radius 3 is 2.52 bits per heavy atom. The molecule has 0 atom stereocenters. The van der Waals surface area contributed by atoms with Gasteiger partial charge in [-0.15, -0.1) is 0 Å². The number of rotatable bonds is 5. The summed E-state index contributed by atoms with van der Waals surface area (Å²) in [5, 5.41) is 5.61. The smallest absolute Gasteiger partial charge is 0.257 e.